The molecule has 2 heterocycles. The highest BCUT2D eigenvalue weighted by molar-refractivity contribution is 6.00. The summed E-state index contributed by atoms with van der Waals surface area (Å²) in [7, 11) is 0. The van der Waals surface area contributed by atoms with Crippen molar-refractivity contribution >= 4 is 16.6 Å². The molecule has 0 unspecified atom stereocenters. The summed E-state index contributed by atoms with van der Waals surface area (Å²) in [5, 5.41) is 31.9. The average Bonchev–Trinajstić information content (AvgIpc) is 2.60. The molecule has 29 heavy (non-hydrogen) atoms. The second-order valence-electron chi connectivity index (χ2n) is 7.41. The highest BCUT2D eigenvalue weighted by Crippen LogP contribution is 2.41. The van der Waals surface area contributed by atoms with E-state index in [-0.39, 0.29) is 11.7 Å². The van der Waals surface area contributed by atoms with Crippen LogP contribution in [0, 0.1) is 5.82 Å². The molecule has 0 saturated heterocycles. The van der Waals surface area contributed by atoms with Gasteiger partial charge in [0.05, 0.1) is 16.7 Å². The van der Waals surface area contributed by atoms with Crippen LogP contribution in [0.4, 0.5) is 23.4 Å². The van der Waals surface area contributed by atoms with E-state index in [1.54, 1.807) is 13.0 Å². The number of aromatic nitrogens is 3. The number of nitrogens with one attached hydrogen (secondary N) is 1. The highest BCUT2D eigenvalue weighted by Gasteiger charge is 2.39. The molecule has 10 heteroatoms. The molecule has 0 spiro atoms. The number of aromatic hydroxyl groups is 1. The number of halogens is 4. The fourth-order valence-electron chi connectivity index (χ4n) is 3.58. The van der Waals surface area contributed by atoms with E-state index in [1.807, 2.05) is 0 Å². The topological polar surface area (TPSA) is 91.2 Å². The summed E-state index contributed by atoms with van der Waals surface area (Å²) in [4.78, 5) is 3.97. The van der Waals surface area contributed by atoms with Gasteiger partial charge >= 0.3 is 6.18 Å². The first-order valence-corrected chi connectivity index (χ1v) is 8.74. The van der Waals surface area contributed by atoms with Crippen molar-refractivity contribution in [2.24, 2.45) is 0 Å². The third-order valence-corrected chi connectivity index (χ3v) is 4.93. The van der Waals surface area contributed by atoms with Crippen molar-refractivity contribution in [2.75, 3.05) is 5.32 Å². The number of nitrogens with zero attached hydrogens (tertiary/aromatic N) is 3. The van der Waals surface area contributed by atoms with E-state index < -0.39 is 34.5 Å². The minimum absolute atomic E-state index is 0.0299. The molecule has 152 valence electrons. The maximum absolute atomic E-state index is 14.5. The zero-order valence-electron chi connectivity index (χ0n) is 15.1. The van der Waals surface area contributed by atoms with Crippen LogP contribution in [0.25, 0.3) is 22.0 Å². The molecule has 1 aliphatic rings. The lowest BCUT2D eigenvalue weighted by atomic mass is 9.77. The second-order valence-corrected chi connectivity index (χ2v) is 7.41. The van der Waals surface area contributed by atoms with Gasteiger partial charge in [-0.3, -0.25) is 4.98 Å². The Morgan fingerprint density at radius 1 is 1.17 bits per heavy atom. The van der Waals surface area contributed by atoms with Crippen LogP contribution in [-0.2, 0) is 6.18 Å². The summed E-state index contributed by atoms with van der Waals surface area (Å²) >= 11 is 0. The minimum atomic E-state index is -4.80. The largest absolute Gasteiger partial charge is 0.507 e. The van der Waals surface area contributed by atoms with Crippen molar-refractivity contribution in [3.8, 4) is 17.0 Å². The van der Waals surface area contributed by atoms with Crippen LogP contribution in [0.2, 0.25) is 0 Å². The number of anilines is 1. The number of phenolic OH excluding ortho intramolecular Hbond substituents is 1. The number of benzene rings is 1. The van der Waals surface area contributed by atoms with Gasteiger partial charge in [0.15, 0.2) is 5.82 Å². The Balaban J connectivity index is 1.79. The van der Waals surface area contributed by atoms with Crippen LogP contribution < -0.4 is 5.32 Å². The van der Waals surface area contributed by atoms with Gasteiger partial charge in [0.1, 0.15) is 17.3 Å². The summed E-state index contributed by atoms with van der Waals surface area (Å²) < 4.78 is 53.1. The first kappa shape index (κ1) is 19.3. The third-order valence-electron chi connectivity index (χ3n) is 4.93. The lowest BCUT2D eigenvalue weighted by Gasteiger charge is -2.41. The van der Waals surface area contributed by atoms with Gasteiger partial charge in [-0.2, -0.15) is 13.2 Å². The second kappa shape index (κ2) is 6.51. The molecule has 0 aliphatic heterocycles. The molecule has 0 atom stereocenters. The molecule has 1 aliphatic carbocycles. The maximum Gasteiger partial charge on any atom is 0.416 e. The van der Waals surface area contributed by atoms with Crippen LogP contribution in [0.3, 0.4) is 0 Å². The number of phenols is 1. The Kier molecular flexibility index (Phi) is 4.34. The predicted octanol–water partition coefficient (Wildman–Crippen LogP) is 3.88. The molecule has 4 rings (SSSR count). The Bertz CT molecular complexity index is 1070. The summed E-state index contributed by atoms with van der Waals surface area (Å²) in [5.41, 5.74) is -2.66. The molecule has 0 amide bonds. The van der Waals surface area contributed by atoms with Crippen LogP contribution >= 0.6 is 0 Å². The van der Waals surface area contributed by atoms with E-state index in [2.05, 4.69) is 20.5 Å². The van der Waals surface area contributed by atoms with Crippen molar-refractivity contribution in [2.45, 2.75) is 37.6 Å². The third kappa shape index (κ3) is 3.55. The zero-order chi connectivity index (χ0) is 21.0. The Labute approximate surface area is 162 Å². The van der Waals surface area contributed by atoms with Gasteiger partial charge in [-0.05, 0) is 38.0 Å². The summed E-state index contributed by atoms with van der Waals surface area (Å²) in [6.07, 6.45) is -0.921. The lowest BCUT2D eigenvalue weighted by Crippen LogP contribution is -2.48. The number of fused-ring (bicyclic) bond motifs is 1. The molecule has 3 aromatic rings. The van der Waals surface area contributed by atoms with Gasteiger partial charge in [-0.25, -0.2) is 4.39 Å². The zero-order valence-corrected chi connectivity index (χ0v) is 15.1. The summed E-state index contributed by atoms with van der Waals surface area (Å²) in [5.74, 6) is -1.79. The van der Waals surface area contributed by atoms with E-state index in [1.165, 1.54) is 12.4 Å². The van der Waals surface area contributed by atoms with Crippen LogP contribution in [0.5, 0.6) is 5.75 Å². The van der Waals surface area contributed by atoms with E-state index in [0.717, 1.165) is 0 Å². The van der Waals surface area contributed by atoms with Crippen molar-refractivity contribution in [3.05, 3.63) is 42.0 Å². The fourth-order valence-corrected chi connectivity index (χ4v) is 3.58. The lowest BCUT2D eigenvalue weighted by molar-refractivity contribution is -0.137. The Hall–Kier alpha value is -3.01. The minimum Gasteiger partial charge on any atom is -0.507 e. The van der Waals surface area contributed by atoms with E-state index >= 15 is 0 Å². The SMILES string of the molecule is CC1(O)CC(Nc2nnc(-c3c(O)cc(C(F)(F)F)cc3F)c3cnccc23)C1. The number of hydrogen-bond donors (Lipinski definition) is 3. The van der Waals surface area contributed by atoms with Gasteiger partial charge in [-0.15, -0.1) is 10.2 Å². The first-order valence-electron chi connectivity index (χ1n) is 8.74. The molecule has 1 saturated carbocycles. The normalized spacial score (nSPS) is 21.8. The average molecular weight is 408 g/mol. The number of aliphatic hydroxyl groups is 1. The van der Waals surface area contributed by atoms with Crippen molar-refractivity contribution in [1.82, 2.24) is 15.2 Å². The molecular weight excluding hydrogens is 392 g/mol. The Morgan fingerprint density at radius 2 is 1.90 bits per heavy atom. The Morgan fingerprint density at radius 3 is 2.52 bits per heavy atom. The molecular formula is C19H16F4N4O2. The molecule has 1 aromatic carbocycles. The van der Waals surface area contributed by atoms with Gasteiger partial charge in [-0.1, -0.05) is 0 Å². The van der Waals surface area contributed by atoms with Crippen molar-refractivity contribution < 1.29 is 27.8 Å². The summed E-state index contributed by atoms with van der Waals surface area (Å²) in [6.45, 7) is 1.72. The number of hydrogen-bond acceptors (Lipinski definition) is 6. The van der Waals surface area contributed by atoms with E-state index in [4.69, 9.17) is 0 Å². The van der Waals surface area contributed by atoms with Crippen LogP contribution in [0.1, 0.15) is 25.3 Å². The molecule has 6 nitrogen and oxygen atoms in total. The molecule has 1 fully saturated rings. The van der Waals surface area contributed by atoms with E-state index in [9.17, 15) is 27.8 Å². The number of pyridine rings is 1. The van der Waals surface area contributed by atoms with Crippen LogP contribution in [0.15, 0.2) is 30.6 Å². The monoisotopic (exact) mass is 408 g/mol. The van der Waals surface area contributed by atoms with Crippen molar-refractivity contribution in [1.29, 1.82) is 0 Å². The van der Waals surface area contributed by atoms with Crippen LogP contribution in [-0.4, -0.2) is 37.0 Å². The smallest absolute Gasteiger partial charge is 0.416 e. The van der Waals surface area contributed by atoms with Gasteiger partial charge < -0.3 is 15.5 Å². The molecule has 2 aromatic heterocycles. The number of rotatable bonds is 3. The van der Waals surface area contributed by atoms with Crippen molar-refractivity contribution in [3.63, 3.8) is 0 Å². The van der Waals surface area contributed by atoms with Gasteiger partial charge in [0, 0.05) is 29.2 Å². The van der Waals surface area contributed by atoms with Gasteiger partial charge in [0.2, 0.25) is 0 Å². The summed E-state index contributed by atoms with van der Waals surface area (Å²) in [6, 6.07) is 2.33. The standard InChI is InChI=1S/C19H16F4N4O2/c1-18(29)6-10(7-18)25-17-11-2-3-24-8-12(11)16(26-27-17)15-13(20)4-9(5-14(15)28)19(21,22)23/h2-5,8,10,28-29H,6-7H2,1H3,(H,25,27). The molecule has 3 N–H and O–H groups in total. The highest BCUT2D eigenvalue weighted by atomic mass is 19.4. The first-order chi connectivity index (χ1) is 13.5. The van der Waals surface area contributed by atoms with Gasteiger partial charge in [0.25, 0.3) is 0 Å². The molecule has 0 bridgehead atoms. The maximum atomic E-state index is 14.5. The number of alkyl halides is 3. The quantitative estimate of drug-likeness (QED) is 0.570. The molecule has 0 radical (unpaired) electrons. The van der Waals surface area contributed by atoms with E-state index in [0.29, 0.717) is 41.6 Å². The fraction of sp³-hybridized carbons (Fsp3) is 0.316. The predicted molar refractivity (Wildman–Crippen MR) is 96.7 cm³/mol.